The van der Waals surface area contributed by atoms with Crippen LogP contribution in [0.5, 0.6) is 11.5 Å². The minimum absolute atomic E-state index is 0.0314. The average Bonchev–Trinajstić information content (AvgIpc) is 2.36. The molecule has 2 aromatic rings. The molecule has 0 saturated heterocycles. The third kappa shape index (κ3) is 3.19. The molecule has 6 heteroatoms. The Hall–Kier alpha value is -1.72. The maximum atomic E-state index is 12.0. The number of aromatic hydroxyl groups is 2. The molecule has 19 heavy (non-hydrogen) atoms. The van der Waals surface area contributed by atoms with Gasteiger partial charge in [0.05, 0.1) is 16.3 Å². The van der Waals surface area contributed by atoms with E-state index in [0.717, 1.165) is 4.47 Å². The van der Waals surface area contributed by atoms with Crippen LogP contribution in [0.25, 0.3) is 0 Å². The first kappa shape index (κ1) is 13.7. The molecule has 1 amide bonds. The third-order valence-corrected chi connectivity index (χ3v) is 3.22. The van der Waals surface area contributed by atoms with E-state index in [1.165, 1.54) is 18.2 Å². The number of anilines is 1. The summed E-state index contributed by atoms with van der Waals surface area (Å²) in [5, 5.41) is 21.9. The van der Waals surface area contributed by atoms with Crippen LogP contribution in [0.2, 0.25) is 5.02 Å². The van der Waals surface area contributed by atoms with E-state index in [2.05, 4.69) is 21.2 Å². The lowest BCUT2D eigenvalue weighted by molar-refractivity contribution is 0.102. The van der Waals surface area contributed by atoms with Crippen molar-refractivity contribution in [3.8, 4) is 11.5 Å². The van der Waals surface area contributed by atoms with Gasteiger partial charge in [0.1, 0.15) is 11.5 Å². The third-order valence-electron chi connectivity index (χ3n) is 2.40. The SMILES string of the molecule is O=C(Nc1cc(Br)ccc1Cl)c1cc(O)ccc1O. The molecule has 0 bridgehead atoms. The van der Waals surface area contributed by atoms with E-state index in [1.54, 1.807) is 18.2 Å². The van der Waals surface area contributed by atoms with Crippen LogP contribution in [0.1, 0.15) is 10.4 Å². The molecule has 2 rings (SSSR count). The van der Waals surface area contributed by atoms with Crippen LogP contribution in [-0.4, -0.2) is 16.1 Å². The highest BCUT2D eigenvalue weighted by atomic mass is 79.9. The summed E-state index contributed by atoms with van der Waals surface area (Å²) in [6, 6.07) is 8.72. The first-order valence-electron chi connectivity index (χ1n) is 5.26. The molecule has 0 spiro atoms. The zero-order chi connectivity index (χ0) is 14.0. The Morgan fingerprint density at radius 1 is 1.16 bits per heavy atom. The van der Waals surface area contributed by atoms with Crippen molar-refractivity contribution >= 4 is 39.1 Å². The Morgan fingerprint density at radius 2 is 1.89 bits per heavy atom. The Labute approximate surface area is 122 Å². The molecule has 0 aromatic heterocycles. The average molecular weight is 343 g/mol. The fourth-order valence-corrected chi connectivity index (χ4v) is 2.01. The molecule has 0 fully saturated rings. The molecule has 4 nitrogen and oxygen atoms in total. The van der Waals surface area contributed by atoms with E-state index < -0.39 is 5.91 Å². The highest BCUT2D eigenvalue weighted by Gasteiger charge is 2.13. The topological polar surface area (TPSA) is 69.6 Å². The maximum absolute atomic E-state index is 12.0. The van der Waals surface area contributed by atoms with Crippen molar-refractivity contribution < 1.29 is 15.0 Å². The van der Waals surface area contributed by atoms with Crippen LogP contribution in [0.4, 0.5) is 5.69 Å². The van der Waals surface area contributed by atoms with Gasteiger partial charge < -0.3 is 15.5 Å². The van der Waals surface area contributed by atoms with Crippen LogP contribution in [0.3, 0.4) is 0 Å². The highest BCUT2D eigenvalue weighted by Crippen LogP contribution is 2.28. The Kier molecular flexibility index (Phi) is 3.97. The van der Waals surface area contributed by atoms with Crippen molar-refractivity contribution in [2.24, 2.45) is 0 Å². The van der Waals surface area contributed by atoms with Gasteiger partial charge >= 0.3 is 0 Å². The van der Waals surface area contributed by atoms with Crippen molar-refractivity contribution in [1.82, 2.24) is 0 Å². The van der Waals surface area contributed by atoms with Crippen molar-refractivity contribution in [3.05, 3.63) is 51.5 Å². The van der Waals surface area contributed by atoms with Crippen LogP contribution in [0.15, 0.2) is 40.9 Å². The second kappa shape index (κ2) is 5.50. The number of carbonyl (C=O) groups excluding carboxylic acids is 1. The number of halogens is 2. The number of phenols is 2. The summed E-state index contributed by atoms with van der Waals surface area (Å²) < 4.78 is 0.757. The number of rotatable bonds is 2. The van der Waals surface area contributed by atoms with Gasteiger partial charge in [-0.15, -0.1) is 0 Å². The summed E-state index contributed by atoms with van der Waals surface area (Å²) in [5.74, 6) is -0.891. The van der Waals surface area contributed by atoms with Gasteiger partial charge in [0.2, 0.25) is 0 Å². The molecule has 0 radical (unpaired) electrons. The number of hydrogen-bond acceptors (Lipinski definition) is 3. The van der Waals surface area contributed by atoms with E-state index in [-0.39, 0.29) is 17.1 Å². The number of nitrogens with one attached hydrogen (secondary N) is 1. The van der Waals surface area contributed by atoms with E-state index in [0.29, 0.717) is 10.7 Å². The van der Waals surface area contributed by atoms with Gasteiger partial charge in [-0.2, -0.15) is 0 Å². The fraction of sp³-hybridized carbons (Fsp3) is 0. The van der Waals surface area contributed by atoms with E-state index in [4.69, 9.17) is 11.6 Å². The summed E-state index contributed by atoms with van der Waals surface area (Å²) in [6.45, 7) is 0. The van der Waals surface area contributed by atoms with Gasteiger partial charge in [-0.25, -0.2) is 0 Å². The number of phenolic OH excluding ortho intramolecular Hbond substituents is 2. The molecule has 0 aliphatic heterocycles. The van der Waals surface area contributed by atoms with Crippen LogP contribution < -0.4 is 5.32 Å². The Balaban J connectivity index is 2.30. The smallest absolute Gasteiger partial charge is 0.259 e. The molecule has 0 saturated carbocycles. The molecule has 0 heterocycles. The first-order chi connectivity index (χ1) is 8.97. The van der Waals surface area contributed by atoms with Crippen molar-refractivity contribution in [3.63, 3.8) is 0 Å². The number of amides is 1. The zero-order valence-corrected chi connectivity index (χ0v) is 11.9. The zero-order valence-electron chi connectivity index (χ0n) is 9.52. The molecule has 2 aromatic carbocycles. The lowest BCUT2D eigenvalue weighted by Gasteiger charge is -2.09. The van der Waals surface area contributed by atoms with Crippen LogP contribution >= 0.6 is 27.5 Å². The summed E-state index contributed by atoms with van der Waals surface area (Å²) in [6.07, 6.45) is 0. The summed E-state index contributed by atoms with van der Waals surface area (Å²) >= 11 is 9.22. The summed E-state index contributed by atoms with van der Waals surface area (Å²) in [4.78, 5) is 12.0. The fourth-order valence-electron chi connectivity index (χ4n) is 1.49. The number of hydrogen-bond donors (Lipinski definition) is 3. The van der Waals surface area contributed by atoms with E-state index in [9.17, 15) is 15.0 Å². The van der Waals surface area contributed by atoms with Gasteiger partial charge in [0.25, 0.3) is 5.91 Å². The molecule has 98 valence electrons. The Bertz CT molecular complexity index is 646. The van der Waals surface area contributed by atoms with E-state index >= 15 is 0 Å². The van der Waals surface area contributed by atoms with Crippen LogP contribution in [-0.2, 0) is 0 Å². The quantitative estimate of drug-likeness (QED) is 0.728. The second-order valence-electron chi connectivity index (χ2n) is 3.78. The molecule has 0 unspecified atom stereocenters. The molecule has 0 aliphatic carbocycles. The number of benzene rings is 2. The van der Waals surface area contributed by atoms with Gasteiger partial charge in [0.15, 0.2) is 0 Å². The second-order valence-corrected chi connectivity index (χ2v) is 5.10. The predicted molar refractivity (Wildman–Crippen MR) is 76.9 cm³/mol. The van der Waals surface area contributed by atoms with Gasteiger partial charge in [0, 0.05) is 4.47 Å². The Morgan fingerprint density at radius 3 is 2.63 bits per heavy atom. The minimum Gasteiger partial charge on any atom is -0.508 e. The predicted octanol–water partition coefficient (Wildman–Crippen LogP) is 3.77. The van der Waals surface area contributed by atoms with Crippen molar-refractivity contribution in [2.75, 3.05) is 5.32 Å². The monoisotopic (exact) mass is 341 g/mol. The summed E-state index contributed by atoms with van der Waals surface area (Å²) in [7, 11) is 0. The van der Waals surface area contributed by atoms with Gasteiger partial charge in [-0.3, -0.25) is 4.79 Å². The highest BCUT2D eigenvalue weighted by molar-refractivity contribution is 9.10. The van der Waals surface area contributed by atoms with Crippen molar-refractivity contribution in [2.45, 2.75) is 0 Å². The molecule has 0 atom stereocenters. The first-order valence-corrected chi connectivity index (χ1v) is 6.43. The molecule has 0 aliphatic rings. The largest absolute Gasteiger partial charge is 0.508 e. The van der Waals surface area contributed by atoms with Crippen LogP contribution in [0, 0.1) is 0 Å². The molecule has 3 N–H and O–H groups in total. The van der Waals surface area contributed by atoms with Gasteiger partial charge in [-0.1, -0.05) is 27.5 Å². The number of carbonyl (C=O) groups is 1. The van der Waals surface area contributed by atoms with E-state index in [1.807, 2.05) is 0 Å². The minimum atomic E-state index is -0.562. The van der Waals surface area contributed by atoms with Gasteiger partial charge in [-0.05, 0) is 36.4 Å². The molecular formula is C13H9BrClNO3. The summed E-state index contributed by atoms with van der Waals surface area (Å²) in [5.41, 5.74) is 0.375. The standard InChI is InChI=1S/C13H9BrClNO3/c14-7-1-3-10(15)11(5-7)16-13(19)9-6-8(17)2-4-12(9)18/h1-6,17-18H,(H,16,19). The molecular weight excluding hydrogens is 334 g/mol. The van der Waals surface area contributed by atoms with Crippen molar-refractivity contribution in [1.29, 1.82) is 0 Å². The normalized spacial score (nSPS) is 10.2. The maximum Gasteiger partial charge on any atom is 0.259 e. The lowest BCUT2D eigenvalue weighted by atomic mass is 10.1. The lowest BCUT2D eigenvalue weighted by Crippen LogP contribution is -2.12.